The summed E-state index contributed by atoms with van der Waals surface area (Å²) in [5, 5.41) is 5.88. The topological polar surface area (TPSA) is 76.4 Å². The first-order valence-electron chi connectivity index (χ1n) is 7.95. The van der Waals surface area contributed by atoms with Gasteiger partial charge in [-0.1, -0.05) is 6.07 Å². The number of ether oxygens (including phenoxy) is 1. The molecule has 1 aliphatic rings. The lowest BCUT2D eigenvalue weighted by Crippen LogP contribution is -2.38. The van der Waals surface area contributed by atoms with E-state index in [9.17, 15) is 4.79 Å². The maximum Gasteiger partial charge on any atom is 0.315 e. The summed E-state index contributed by atoms with van der Waals surface area (Å²) in [5.41, 5.74) is 1.94. The van der Waals surface area contributed by atoms with Gasteiger partial charge in [-0.05, 0) is 31.9 Å². The van der Waals surface area contributed by atoms with Crippen LogP contribution in [-0.4, -0.2) is 17.6 Å². The molecule has 2 aromatic heterocycles. The normalized spacial score (nSPS) is 16.5. The van der Waals surface area contributed by atoms with Crippen LogP contribution in [0, 0.1) is 0 Å². The molecule has 1 atom stereocenters. The second kappa shape index (κ2) is 7.17. The predicted molar refractivity (Wildman–Crippen MR) is 85.2 cm³/mol. The molecule has 6 nitrogen and oxygen atoms in total. The van der Waals surface area contributed by atoms with E-state index >= 15 is 0 Å². The lowest BCUT2D eigenvalue weighted by Gasteiger charge is -2.23. The fourth-order valence-electron chi connectivity index (χ4n) is 2.85. The van der Waals surface area contributed by atoms with E-state index in [1.807, 2.05) is 25.1 Å². The molecule has 0 saturated carbocycles. The first-order valence-corrected chi connectivity index (χ1v) is 7.95. The maximum atomic E-state index is 12.2. The quantitative estimate of drug-likeness (QED) is 0.889. The van der Waals surface area contributed by atoms with E-state index in [-0.39, 0.29) is 12.1 Å². The van der Waals surface area contributed by atoms with Gasteiger partial charge in [-0.2, -0.15) is 0 Å². The van der Waals surface area contributed by atoms with Crippen molar-refractivity contribution in [2.75, 3.05) is 6.61 Å². The fourth-order valence-corrected chi connectivity index (χ4v) is 2.85. The van der Waals surface area contributed by atoms with E-state index in [1.165, 1.54) is 0 Å². The summed E-state index contributed by atoms with van der Waals surface area (Å²) in [5.74, 6) is 1.54. The average Bonchev–Trinajstić information content (AvgIpc) is 3.04. The molecule has 2 aromatic rings. The summed E-state index contributed by atoms with van der Waals surface area (Å²) in [6, 6.07) is 5.48. The molecule has 6 heteroatoms. The van der Waals surface area contributed by atoms with Crippen molar-refractivity contribution in [1.29, 1.82) is 0 Å². The van der Waals surface area contributed by atoms with Crippen LogP contribution in [0.2, 0.25) is 0 Å². The number of nitrogens with zero attached hydrogens (tertiary/aromatic N) is 1. The minimum absolute atomic E-state index is 0.0118. The Bertz CT molecular complexity index is 669. The summed E-state index contributed by atoms with van der Waals surface area (Å²) in [7, 11) is 0. The molecule has 0 aromatic carbocycles. The Balaban J connectivity index is 1.57. The van der Waals surface area contributed by atoms with Crippen molar-refractivity contribution < 1.29 is 13.9 Å². The molecule has 0 aliphatic heterocycles. The minimum Gasteiger partial charge on any atom is -0.478 e. The predicted octanol–water partition coefficient (Wildman–Crippen LogP) is 2.95. The third-order valence-corrected chi connectivity index (χ3v) is 3.93. The monoisotopic (exact) mass is 315 g/mol. The molecule has 0 saturated heterocycles. The Kier molecular flexibility index (Phi) is 4.80. The molecule has 23 heavy (non-hydrogen) atoms. The average molecular weight is 315 g/mol. The van der Waals surface area contributed by atoms with E-state index in [2.05, 4.69) is 15.6 Å². The Morgan fingerprint density at radius 3 is 3.26 bits per heavy atom. The molecule has 2 amide bonds. The number of rotatable bonds is 5. The molecule has 0 fully saturated rings. The molecule has 0 bridgehead atoms. The first-order chi connectivity index (χ1) is 11.3. The highest BCUT2D eigenvalue weighted by atomic mass is 16.5. The molecular formula is C17H21N3O3. The Hall–Kier alpha value is -2.50. The second-order valence-corrected chi connectivity index (χ2v) is 5.47. The van der Waals surface area contributed by atoms with Gasteiger partial charge in [-0.15, -0.1) is 0 Å². The van der Waals surface area contributed by atoms with Gasteiger partial charge < -0.3 is 19.8 Å². The molecule has 2 N–H and O–H groups in total. The Morgan fingerprint density at radius 1 is 1.48 bits per heavy atom. The third kappa shape index (κ3) is 3.64. The zero-order valence-electron chi connectivity index (χ0n) is 13.2. The number of aryl methyl sites for hydroxylation is 1. The van der Waals surface area contributed by atoms with Crippen molar-refractivity contribution in [2.24, 2.45) is 0 Å². The highest BCUT2D eigenvalue weighted by Gasteiger charge is 2.23. The highest BCUT2D eigenvalue weighted by Crippen LogP contribution is 2.30. The summed E-state index contributed by atoms with van der Waals surface area (Å²) >= 11 is 0. The summed E-state index contributed by atoms with van der Waals surface area (Å²) in [4.78, 5) is 16.3. The van der Waals surface area contributed by atoms with Crippen LogP contribution >= 0.6 is 0 Å². The molecule has 0 spiro atoms. The Morgan fingerprint density at radius 2 is 2.39 bits per heavy atom. The summed E-state index contributed by atoms with van der Waals surface area (Å²) in [6.45, 7) is 2.83. The van der Waals surface area contributed by atoms with E-state index < -0.39 is 0 Å². The number of urea groups is 1. The third-order valence-electron chi connectivity index (χ3n) is 3.93. The zero-order valence-corrected chi connectivity index (χ0v) is 13.2. The van der Waals surface area contributed by atoms with Gasteiger partial charge in [-0.3, -0.25) is 0 Å². The number of fused-ring (bicyclic) bond motifs is 1. The number of carbonyl (C=O) groups excluding carboxylic acids is 1. The van der Waals surface area contributed by atoms with Crippen LogP contribution in [-0.2, 0) is 13.0 Å². The molecule has 2 heterocycles. The van der Waals surface area contributed by atoms with Crippen LogP contribution in [0.15, 0.2) is 35.1 Å². The van der Waals surface area contributed by atoms with Crippen LogP contribution in [0.3, 0.4) is 0 Å². The molecule has 3 rings (SSSR count). The van der Waals surface area contributed by atoms with Crippen LogP contribution in [0.5, 0.6) is 5.88 Å². The van der Waals surface area contributed by atoms with Crippen molar-refractivity contribution in [3.8, 4) is 5.88 Å². The first kappa shape index (κ1) is 15.4. The number of aromatic nitrogens is 1. The summed E-state index contributed by atoms with van der Waals surface area (Å²) in [6.07, 6.45) is 6.25. The van der Waals surface area contributed by atoms with Gasteiger partial charge in [0.1, 0.15) is 5.76 Å². The number of furan rings is 1. The standard InChI is InChI=1S/C17H21N3O3/c1-2-22-16-12(5-4-9-18-16)11-19-17(21)20-14-6-3-7-15-13(14)8-10-23-15/h4-5,8-10,14H,2-3,6-7,11H2,1H3,(H2,19,20,21). The number of nitrogens with one attached hydrogen (secondary N) is 2. The molecule has 1 unspecified atom stereocenters. The zero-order chi connectivity index (χ0) is 16.1. The van der Waals surface area contributed by atoms with Crippen LogP contribution in [0.25, 0.3) is 0 Å². The number of pyridine rings is 1. The lowest BCUT2D eigenvalue weighted by molar-refractivity contribution is 0.234. The second-order valence-electron chi connectivity index (χ2n) is 5.47. The van der Waals surface area contributed by atoms with Gasteiger partial charge in [0.15, 0.2) is 0 Å². The fraction of sp³-hybridized carbons (Fsp3) is 0.412. The SMILES string of the molecule is CCOc1ncccc1CNC(=O)NC1CCCc2occc21. The van der Waals surface area contributed by atoms with Crippen molar-refractivity contribution in [2.45, 2.75) is 38.8 Å². The van der Waals surface area contributed by atoms with Crippen molar-refractivity contribution >= 4 is 6.03 Å². The van der Waals surface area contributed by atoms with E-state index in [4.69, 9.17) is 9.15 Å². The van der Waals surface area contributed by atoms with Crippen molar-refractivity contribution in [3.63, 3.8) is 0 Å². The Labute approximate surface area is 135 Å². The summed E-state index contributed by atoms with van der Waals surface area (Å²) < 4.78 is 10.9. The van der Waals surface area contributed by atoms with Gasteiger partial charge in [0, 0.05) is 30.3 Å². The van der Waals surface area contributed by atoms with E-state index in [0.29, 0.717) is 19.0 Å². The highest BCUT2D eigenvalue weighted by molar-refractivity contribution is 5.74. The molecule has 122 valence electrons. The number of hydrogen-bond donors (Lipinski definition) is 2. The molecular weight excluding hydrogens is 294 g/mol. The van der Waals surface area contributed by atoms with E-state index in [0.717, 1.165) is 36.1 Å². The van der Waals surface area contributed by atoms with Crippen LogP contribution in [0.1, 0.15) is 42.7 Å². The van der Waals surface area contributed by atoms with Gasteiger partial charge >= 0.3 is 6.03 Å². The number of hydrogen-bond acceptors (Lipinski definition) is 4. The number of amides is 2. The van der Waals surface area contributed by atoms with Gasteiger partial charge in [0.2, 0.25) is 5.88 Å². The molecule has 1 aliphatic carbocycles. The van der Waals surface area contributed by atoms with Gasteiger partial charge in [0.25, 0.3) is 0 Å². The van der Waals surface area contributed by atoms with Crippen molar-refractivity contribution in [3.05, 3.63) is 47.5 Å². The maximum absolute atomic E-state index is 12.2. The van der Waals surface area contributed by atoms with Crippen LogP contribution in [0.4, 0.5) is 4.79 Å². The lowest BCUT2D eigenvalue weighted by atomic mass is 9.93. The van der Waals surface area contributed by atoms with Gasteiger partial charge in [-0.25, -0.2) is 9.78 Å². The van der Waals surface area contributed by atoms with Gasteiger partial charge in [0.05, 0.1) is 18.9 Å². The smallest absolute Gasteiger partial charge is 0.315 e. The largest absolute Gasteiger partial charge is 0.478 e. The van der Waals surface area contributed by atoms with E-state index in [1.54, 1.807) is 12.5 Å². The minimum atomic E-state index is -0.199. The number of carbonyl (C=O) groups is 1. The van der Waals surface area contributed by atoms with Crippen LogP contribution < -0.4 is 15.4 Å². The molecule has 0 radical (unpaired) electrons. The van der Waals surface area contributed by atoms with Crippen molar-refractivity contribution in [1.82, 2.24) is 15.6 Å².